The lowest BCUT2D eigenvalue weighted by Crippen LogP contribution is -2.56. The summed E-state index contributed by atoms with van der Waals surface area (Å²) < 4.78 is 0. The molecule has 2 amide bonds. The number of piperidine rings is 1. The Morgan fingerprint density at radius 3 is 2.55 bits per heavy atom. The van der Waals surface area contributed by atoms with Gasteiger partial charge in [-0.15, -0.1) is 12.4 Å². The molecular formula is C24H33ClN2O2. The lowest BCUT2D eigenvalue weighted by atomic mass is 9.66. The van der Waals surface area contributed by atoms with Gasteiger partial charge >= 0.3 is 0 Å². The molecule has 3 aliphatic rings. The first-order valence-corrected chi connectivity index (χ1v) is 10.9. The van der Waals surface area contributed by atoms with Crippen LogP contribution < -0.4 is 5.32 Å². The smallest absolute Gasteiger partial charge is 0.234 e. The van der Waals surface area contributed by atoms with Crippen molar-refractivity contribution in [1.82, 2.24) is 10.2 Å². The fourth-order valence-corrected chi connectivity index (χ4v) is 5.65. The summed E-state index contributed by atoms with van der Waals surface area (Å²) in [6.07, 6.45) is 10.5. The molecule has 1 aromatic rings. The molecule has 158 valence electrons. The Balaban J connectivity index is 0.00000240. The van der Waals surface area contributed by atoms with Gasteiger partial charge in [-0.25, -0.2) is 0 Å². The largest absolute Gasteiger partial charge is 0.366 e. The first-order chi connectivity index (χ1) is 13.5. The molecule has 5 heteroatoms. The number of nitrogens with one attached hydrogen (secondary N) is 1. The van der Waals surface area contributed by atoms with Crippen LogP contribution in [-0.4, -0.2) is 23.3 Å². The number of carbonyl (C=O) groups is 2. The van der Waals surface area contributed by atoms with Crippen molar-refractivity contribution in [3.05, 3.63) is 41.0 Å². The quantitative estimate of drug-likeness (QED) is 0.558. The van der Waals surface area contributed by atoms with Crippen LogP contribution in [-0.2, 0) is 16.1 Å². The second-order valence-corrected chi connectivity index (χ2v) is 8.91. The van der Waals surface area contributed by atoms with Crippen molar-refractivity contribution in [2.75, 3.05) is 6.54 Å². The van der Waals surface area contributed by atoms with Crippen molar-refractivity contribution in [2.45, 2.75) is 71.8 Å². The first kappa shape index (κ1) is 21.9. The van der Waals surface area contributed by atoms with Crippen LogP contribution in [0.1, 0.15) is 75.0 Å². The highest BCUT2D eigenvalue weighted by atomic mass is 35.5. The van der Waals surface area contributed by atoms with E-state index in [2.05, 4.69) is 48.3 Å². The van der Waals surface area contributed by atoms with E-state index in [0.29, 0.717) is 25.3 Å². The lowest BCUT2D eigenvalue weighted by Gasteiger charge is -2.44. The van der Waals surface area contributed by atoms with Gasteiger partial charge in [-0.2, -0.15) is 0 Å². The minimum Gasteiger partial charge on any atom is -0.366 e. The summed E-state index contributed by atoms with van der Waals surface area (Å²) >= 11 is 0. The number of fused-ring (bicyclic) bond motifs is 1. The molecule has 0 radical (unpaired) electrons. The van der Waals surface area contributed by atoms with Gasteiger partial charge in [-0.1, -0.05) is 55.5 Å². The molecule has 1 unspecified atom stereocenters. The summed E-state index contributed by atoms with van der Waals surface area (Å²) in [5, 5.41) is 2.70. The molecule has 1 aromatic carbocycles. The van der Waals surface area contributed by atoms with E-state index in [9.17, 15) is 9.59 Å². The van der Waals surface area contributed by atoms with Crippen LogP contribution in [0, 0.1) is 18.3 Å². The van der Waals surface area contributed by atoms with Gasteiger partial charge in [0.15, 0.2) is 0 Å². The monoisotopic (exact) mass is 416 g/mol. The van der Waals surface area contributed by atoms with E-state index in [1.807, 2.05) is 0 Å². The topological polar surface area (TPSA) is 49.4 Å². The number of benzene rings is 1. The third kappa shape index (κ3) is 4.09. The number of aryl methyl sites for hydroxylation is 1. The zero-order valence-corrected chi connectivity index (χ0v) is 18.4. The zero-order valence-electron chi connectivity index (χ0n) is 17.6. The van der Waals surface area contributed by atoms with Gasteiger partial charge < -0.3 is 4.90 Å². The van der Waals surface area contributed by atoms with Gasteiger partial charge in [0.2, 0.25) is 11.8 Å². The Morgan fingerprint density at radius 1 is 1.17 bits per heavy atom. The number of rotatable bonds is 3. The van der Waals surface area contributed by atoms with E-state index in [1.165, 1.54) is 48.1 Å². The maximum atomic E-state index is 13.3. The van der Waals surface area contributed by atoms with Crippen molar-refractivity contribution in [1.29, 1.82) is 0 Å². The molecule has 4 nitrogen and oxygen atoms in total. The SMILES string of the molecule is C/C=C1\c2ccc(C)cc2CN1CC1(C2CCCCCC2)CCC(=O)NC1=O.Cl. The number of hydrogen-bond acceptors (Lipinski definition) is 3. The van der Waals surface area contributed by atoms with Crippen molar-refractivity contribution >= 4 is 29.9 Å². The first-order valence-electron chi connectivity index (χ1n) is 10.9. The standard InChI is InChI=1S/C24H32N2O2.ClH/c1-3-21-20-11-10-17(2)14-18(20)15-26(21)16-24(13-12-22(27)25-23(24)28)19-8-6-4-5-7-9-19;/h3,10-11,14,19H,4-9,12-13,15-16H2,1-2H3,(H,25,27,28);1H/b21-3+;. The lowest BCUT2D eigenvalue weighted by molar-refractivity contribution is -0.146. The van der Waals surface area contributed by atoms with Gasteiger partial charge in [-0.3, -0.25) is 14.9 Å². The van der Waals surface area contributed by atoms with Crippen LogP contribution in [0.2, 0.25) is 0 Å². The molecule has 4 rings (SSSR count). The fraction of sp³-hybridized carbons (Fsp3) is 0.583. The van der Waals surface area contributed by atoms with E-state index in [4.69, 9.17) is 0 Å². The van der Waals surface area contributed by atoms with E-state index in [0.717, 1.165) is 19.4 Å². The second-order valence-electron chi connectivity index (χ2n) is 8.91. The number of imide groups is 1. The van der Waals surface area contributed by atoms with Gasteiger partial charge in [0.25, 0.3) is 0 Å². The van der Waals surface area contributed by atoms with Gasteiger partial charge in [0.05, 0.1) is 5.41 Å². The minimum atomic E-state index is -0.455. The van der Waals surface area contributed by atoms with Gasteiger partial charge in [-0.05, 0) is 44.6 Å². The van der Waals surface area contributed by atoms with Crippen LogP contribution in [0.25, 0.3) is 5.70 Å². The number of allylic oxidation sites excluding steroid dienone is 1. The van der Waals surface area contributed by atoms with Gasteiger partial charge in [0.1, 0.15) is 0 Å². The zero-order chi connectivity index (χ0) is 19.7. The second kappa shape index (κ2) is 8.91. The predicted octanol–water partition coefficient (Wildman–Crippen LogP) is 4.99. The number of amides is 2. The highest BCUT2D eigenvalue weighted by molar-refractivity contribution is 6.01. The van der Waals surface area contributed by atoms with Crippen LogP contribution >= 0.6 is 12.4 Å². The number of carbonyl (C=O) groups excluding carboxylic acids is 2. The molecule has 0 bridgehead atoms. The average molecular weight is 417 g/mol. The molecule has 1 N–H and O–H groups in total. The van der Waals surface area contributed by atoms with Crippen LogP contribution in [0.4, 0.5) is 0 Å². The molecule has 0 aromatic heterocycles. The molecule has 1 saturated heterocycles. The normalized spacial score (nSPS) is 26.7. The number of hydrogen-bond donors (Lipinski definition) is 1. The van der Waals surface area contributed by atoms with Crippen LogP contribution in [0.3, 0.4) is 0 Å². The molecule has 2 aliphatic heterocycles. The fourth-order valence-electron chi connectivity index (χ4n) is 5.65. The van der Waals surface area contributed by atoms with Crippen molar-refractivity contribution < 1.29 is 9.59 Å². The van der Waals surface area contributed by atoms with E-state index in [-0.39, 0.29) is 24.2 Å². The third-order valence-electron chi connectivity index (χ3n) is 7.13. The maximum absolute atomic E-state index is 13.3. The van der Waals surface area contributed by atoms with Crippen LogP contribution in [0.5, 0.6) is 0 Å². The highest BCUT2D eigenvalue weighted by Crippen LogP contribution is 2.46. The third-order valence-corrected chi connectivity index (χ3v) is 7.13. The molecule has 1 saturated carbocycles. The van der Waals surface area contributed by atoms with E-state index in [1.54, 1.807) is 0 Å². The Labute approximate surface area is 180 Å². The Hall–Kier alpha value is -1.81. The Morgan fingerprint density at radius 2 is 1.90 bits per heavy atom. The average Bonchev–Trinajstić information content (AvgIpc) is 2.83. The summed E-state index contributed by atoms with van der Waals surface area (Å²) in [7, 11) is 0. The summed E-state index contributed by atoms with van der Waals surface area (Å²) in [6.45, 7) is 5.78. The Kier molecular flexibility index (Phi) is 6.72. The molecule has 2 fully saturated rings. The predicted molar refractivity (Wildman–Crippen MR) is 118 cm³/mol. The summed E-state index contributed by atoms with van der Waals surface area (Å²) in [5.41, 5.74) is 4.68. The minimum absolute atomic E-state index is 0. The van der Waals surface area contributed by atoms with E-state index < -0.39 is 5.41 Å². The summed E-state index contributed by atoms with van der Waals surface area (Å²) in [5.74, 6) is 0.228. The molecule has 0 spiro atoms. The highest BCUT2D eigenvalue weighted by Gasteiger charge is 2.50. The van der Waals surface area contributed by atoms with Crippen LogP contribution in [0.15, 0.2) is 24.3 Å². The van der Waals surface area contributed by atoms with Crippen molar-refractivity contribution in [3.8, 4) is 0 Å². The maximum Gasteiger partial charge on any atom is 0.234 e. The summed E-state index contributed by atoms with van der Waals surface area (Å²) in [4.78, 5) is 27.6. The van der Waals surface area contributed by atoms with Crippen molar-refractivity contribution in [2.24, 2.45) is 11.3 Å². The summed E-state index contributed by atoms with van der Waals surface area (Å²) in [6, 6.07) is 6.64. The molecule has 1 aliphatic carbocycles. The number of halogens is 1. The molecule has 29 heavy (non-hydrogen) atoms. The van der Waals surface area contributed by atoms with Gasteiger partial charge in [0, 0.05) is 30.8 Å². The van der Waals surface area contributed by atoms with Crippen molar-refractivity contribution in [3.63, 3.8) is 0 Å². The number of nitrogens with zero attached hydrogens (tertiary/aromatic N) is 1. The molecule has 2 heterocycles. The Bertz CT molecular complexity index is 811. The molecule has 1 atom stereocenters. The molecular weight excluding hydrogens is 384 g/mol. The van der Waals surface area contributed by atoms with E-state index >= 15 is 0 Å².